The monoisotopic (exact) mass is 256 g/mol. The van der Waals surface area contributed by atoms with Crippen molar-refractivity contribution in [3.63, 3.8) is 0 Å². The van der Waals surface area contributed by atoms with Crippen molar-refractivity contribution in [2.24, 2.45) is 0 Å². The predicted molar refractivity (Wildman–Crippen MR) is 59.4 cm³/mol. The number of halogens is 1. The highest BCUT2D eigenvalue weighted by Gasteiger charge is 2.23. The lowest BCUT2D eigenvalue weighted by Gasteiger charge is -2.23. The lowest BCUT2D eigenvalue weighted by atomic mass is 9.82. The summed E-state index contributed by atoms with van der Waals surface area (Å²) in [6.07, 6.45) is 0.142. The van der Waals surface area contributed by atoms with Crippen molar-refractivity contribution in [2.75, 3.05) is 0 Å². The Morgan fingerprint density at radius 3 is 2.64 bits per heavy atom. The van der Waals surface area contributed by atoms with Gasteiger partial charge in [-0.25, -0.2) is 0 Å². The molecule has 3 heteroatoms. The molecule has 1 N–H and O–H groups in total. The highest BCUT2D eigenvalue weighted by Crippen LogP contribution is 2.28. The fraction of sp³-hybridized carbons (Fsp3) is 0.364. The van der Waals surface area contributed by atoms with E-state index in [1.165, 1.54) is 0 Å². The third kappa shape index (κ3) is 2.84. The van der Waals surface area contributed by atoms with E-state index in [2.05, 4.69) is 15.9 Å². The van der Waals surface area contributed by atoms with Gasteiger partial charge in [0.15, 0.2) is 0 Å². The molecule has 0 aliphatic carbocycles. The van der Waals surface area contributed by atoms with Crippen LogP contribution in [0.4, 0.5) is 0 Å². The Labute approximate surface area is 92.1 Å². The van der Waals surface area contributed by atoms with Crippen molar-refractivity contribution in [3.8, 4) is 0 Å². The number of carbonyl (C=O) groups is 1. The lowest BCUT2D eigenvalue weighted by molar-refractivity contribution is -0.138. The summed E-state index contributed by atoms with van der Waals surface area (Å²) in [5, 5.41) is 8.77. The Balaban J connectivity index is 2.97. The summed E-state index contributed by atoms with van der Waals surface area (Å²) in [6, 6.07) is 7.76. The molecule has 0 aromatic heterocycles. The van der Waals surface area contributed by atoms with Crippen molar-refractivity contribution in [3.05, 3.63) is 34.3 Å². The zero-order valence-electron chi connectivity index (χ0n) is 8.25. The Morgan fingerprint density at radius 1 is 1.50 bits per heavy atom. The molecule has 0 amide bonds. The molecule has 0 saturated heterocycles. The topological polar surface area (TPSA) is 37.3 Å². The zero-order chi connectivity index (χ0) is 10.8. The van der Waals surface area contributed by atoms with E-state index in [9.17, 15) is 4.79 Å². The van der Waals surface area contributed by atoms with Crippen molar-refractivity contribution in [2.45, 2.75) is 25.7 Å². The number of carboxylic acid groups (broad SMARTS) is 1. The van der Waals surface area contributed by atoms with Crippen molar-refractivity contribution in [1.82, 2.24) is 0 Å². The van der Waals surface area contributed by atoms with Gasteiger partial charge in [0.05, 0.1) is 6.42 Å². The average molecular weight is 257 g/mol. The molecule has 0 bridgehead atoms. The summed E-state index contributed by atoms with van der Waals surface area (Å²) >= 11 is 3.37. The molecule has 14 heavy (non-hydrogen) atoms. The number of rotatable bonds is 3. The molecule has 76 valence electrons. The normalized spacial score (nSPS) is 11.4. The fourth-order valence-corrected chi connectivity index (χ4v) is 1.79. The van der Waals surface area contributed by atoms with Crippen LogP contribution in [0.1, 0.15) is 25.8 Å². The quantitative estimate of drug-likeness (QED) is 0.902. The SMILES string of the molecule is CC(C)(CC(=O)O)c1cccc(Br)c1. The highest BCUT2D eigenvalue weighted by molar-refractivity contribution is 9.10. The van der Waals surface area contributed by atoms with Gasteiger partial charge in [0.2, 0.25) is 0 Å². The molecule has 0 radical (unpaired) electrons. The molecule has 0 heterocycles. The molecule has 0 aliphatic heterocycles. The lowest BCUT2D eigenvalue weighted by Crippen LogP contribution is -2.21. The molecule has 0 unspecified atom stereocenters. The molecule has 0 atom stereocenters. The molecular weight excluding hydrogens is 244 g/mol. The van der Waals surface area contributed by atoms with Crippen molar-refractivity contribution in [1.29, 1.82) is 0 Å². The molecule has 0 fully saturated rings. The van der Waals surface area contributed by atoms with E-state index in [4.69, 9.17) is 5.11 Å². The van der Waals surface area contributed by atoms with E-state index in [0.29, 0.717) is 0 Å². The number of benzene rings is 1. The summed E-state index contributed by atoms with van der Waals surface area (Å²) in [5.41, 5.74) is 0.713. The Kier molecular flexibility index (Phi) is 3.32. The number of hydrogen-bond acceptors (Lipinski definition) is 1. The van der Waals surface area contributed by atoms with Gasteiger partial charge in [-0.05, 0) is 17.7 Å². The second-order valence-corrected chi connectivity index (χ2v) is 4.88. The largest absolute Gasteiger partial charge is 0.481 e. The fourth-order valence-electron chi connectivity index (χ4n) is 1.39. The van der Waals surface area contributed by atoms with Crippen LogP contribution < -0.4 is 0 Å². The van der Waals surface area contributed by atoms with Gasteiger partial charge < -0.3 is 5.11 Å². The van der Waals surface area contributed by atoms with Crippen LogP contribution in [-0.2, 0) is 10.2 Å². The minimum atomic E-state index is -0.769. The minimum absolute atomic E-state index is 0.142. The average Bonchev–Trinajstić information content (AvgIpc) is 2.01. The smallest absolute Gasteiger partial charge is 0.304 e. The third-order valence-corrected chi connectivity index (χ3v) is 2.69. The van der Waals surface area contributed by atoms with Crippen molar-refractivity contribution < 1.29 is 9.90 Å². The standard InChI is InChI=1S/C11H13BrO2/c1-11(2,7-10(13)14)8-4-3-5-9(12)6-8/h3-6H,7H2,1-2H3,(H,13,14). The van der Waals surface area contributed by atoms with E-state index < -0.39 is 5.97 Å². The molecular formula is C11H13BrO2. The van der Waals surface area contributed by atoms with Crippen molar-refractivity contribution >= 4 is 21.9 Å². The van der Waals surface area contributed by atoms with Crippen LogP contribution >= 0.6 is 15.9 Å². The number of hydrogen-bond donors (Lipinski definition) is 1. The summed E-state index contributed by atoms with van der Waals surface area (Å²) in [6.45, 7) is 3.87. The molecule has 1 aromatic rings. The molecule has 2 nitrogen and oxygen atoms in total. The van der Waals surface area contributed by atoms with Gasteiger partial charge in [0.25, 0.3) is 0 Å². The predicted octanol–water partition coefficient (Wildman–Crippen LogP) is 3.20. The van der Waals surface area contributed by atoms with Crippen LogP contribution in [0.3, 0.4) is 0 Å². The molecule has 1 rings (SSSR count). The van der Waals surface area contributed by atoms with Crippen LogP contribution in [0.15, 0.2) is 28.7 Å². The highest BCUT2D eigenvalue weighted by atomic mass is 79.9. The maximum atomic E-state index is 10.7. The van der Waals surface area contributed by atoms with Gasteiger partial charge in [-0.15, -0.1) is 0 Å². The van der Waals surface area contributed by atoms with Crippen LogP contribution in [0.5, 0.6) is 0 Å². The van der Waals surface area contributed by atoms with E-state index in [0.717, 1.165) is 10.0 Å². The van der Waals surface area contributed by atoms with E-state index in [1.807, 2.05) is 38.1 Å². The van der Waals surface area contributed by atoms with E-state index in [1.54, 1.807) is 0 Å². The summed E-state index contributed by atoms with van der Waals surface area (Å²) in [4.78, 5) is 10.7. The van der Waals surface area contributed by atoms with Gasteiger partial charge in [-0.2, -0.15) is 0 Å². The van der Waals surface area contributed by atoms with Gasteiger partial charge in [-0.3, -0.25) is 4.79 Å². The third-order valence-electron chi connectivity index (χ3n) is 2.20. The first-order valence-electron chi connectivity index (χ1n) is 4.40. The Hall–Kier alpha value is -0.830. The number of carboxylic acids is 1. The van der Waals surface area contributed by atoms with Crippen LogP contribution in [0.25, 0.3) is 0 Å². The Morgan fingerprint density at radius 2 is 2.14 bits per heavy atom. The number of aliphatic carboxylic acids is 1. The zero-order valence-corrected chi connectivity index (χ0v) is 9.84. The minimum Gasteiger partial charge on any atom is -0.481 e. The summed E-state index contributed by atoms with van der Waals surface area (Å²) < 4.78 is 0.980. The molecule has 1 aromatic carbocycles. The summed E-state index contributed by atoms with van der Waals surface area (Å²) in [7, 11) is 0. The van der Waals surface area contributed by atoms with Crippen LogP contribution in [0, 0.1) is 0 Å². The van der Waals surface area contributed by atoms with Gasteiger partial charge >= 0.3 is 5.97 Å². The summed E-state index contributed by atoms with van der Waals surface area (Å²) in [5.74, 6) is -0.769. The first-order valence-corrected chi connectivity index (χ1v) is 5.19. The second kappa shape index (κ2) is 4.13. The maximum Gasteiger partial charge on any atom is 0.304 e. The van der Waals surface area contributed by atoms with Crippen LogP contribution in [-0.4, -0.2) is 11.1 Å². The first kappa shape index (κ1) is 11.2. The molecule has 0 aliphatic rings. The molecule has 0 spiro atoms. The van der Waals surface area contributed by atoms with Crippen LogP contribution in [0.2, 0.25) is 0 Å². The van der Waals surface area contributed by atoms with Gasteiger partial charge in [0, 0.05) is 9.89 Å². The second-order valence-electron chi connectivity index (χ2n) is 3.96. The van der Waals surface area contributed by atoms with E-state index in [-0.39, 0.29) is 11.8 Å². The van der Waals surface area contributed by atoms with E-state index >= 15 is 0 Å². The first-order chi connectivity index (χ1) is 6.42. The van der Waals surface area contributed by atoms with Gasteiger partial charge in [-0.1, -0.05) is 41.9 Å². The maximum absolute atomic E-state index is 10.7. The molecule has 0 saturated carbocycles. The Bertz CT molecular complexity index is 345. The van der Waals surface area contributed by atoms with Gasteiger partial charge in [0.1, 0.15) is 0 Å².